The molecule has 0 bridgehead atoms. The van der Waals surface area contributed by atoms with E-state index in [-0.39, 0.29) is 10.8 Å². The highest BCUT2D eigenvalue weighted by molar-refractivity contribution is 6.21. The van der Waals surface area contributed by atoms with E-state index in [1.54, 1.807) is 0 Å². The van der Waals surface area contributed by atoms with Crippen LogP contribution in [0.15, 0.2) is 68.7 Å². The maximum atomic E-state index is 4.91. The van der Waals surface area contributed by atoms with Crippen LogP contribution in [0.5, 0.6) is 0 Å². The Morgan fingerprint density at radius 1 is 0.583 bits per heavy atom. The van der Waals surface area contributed by atoms with Gasteiger partial charge in [-0.05, 0) is 47.2 Å². The first-order chi connectivity index (χ1) is 23.6. The largest absolute Gasteiger partial charge is 0.354 e. The first-order valence-corrected chi connectivity index (χ1v) is 18.6. The number of rotatable bonds is 16. The van der Waals surface area contributed by atoms with Gasteiger partial charge < -0.3 is 10.6 Å². The molecule has 48 heavy (non-hydrogen) atoms. The summed E-state index contributed by atoms with van der Waals surface area (Å²) in [5, 5.41) is 21.0. The number of fused-ring (bicyclic) bond motifs is 2. The molecule has 0 unspecified atom stereocenters. The minimum Gasteiger partial charge on any atom is -0.354 e. The Bertz CT molecular complexity index is 1410. The number of nitrogens with one attached hydrogen (secondary N) is 4. The van der Waals surface area contributed by atoms with Gasteiger partial charge in [0.1, 0.15) is 0 Å². The standard InChI is InChI=1S/C40H58N8/c1-5-9-21-39(22-10-6-2)27-41-37(42-28-39)47-45-25-35-31-17-13-15-19-33(31)36(34-20-16-14-18-32(34)35)26-46-48-38-43-29-40(30-44-38,23-11-7-3)24-12-8-4/h13-20,25-26H,5-12,21-24,27-30H2,1-4H3,(H2,41,42,47)(H2,43,44,48)/b45-25+,46-26+. The van der Waals surface area contributed by atoms with Crippen LogP contribution in [-0.4, -0.2) is 50.5 Å². The van der Waals surface area contributed by atoms with E-state index in [0.717, 1.165) is 70.8 Å². The van der Waals surface area contributed by atoms with Crippen molar-refractivity contribution in [3.63, 3.8) is 0 Å². The molecule has 2 aliphatic rings. The van der Waals surface area contributed by atoms with Gasteiger partial charge in [-0.15, -0.1) is 0 Å². The zero-order chi connectivity index (χ0) is 33.7. The molecule has 2 heterocycles. The predicted octanol–water partition coefficient (Wildman–Crippen LogP) is 8.49. The number of nitrogens with zero attached hydrogens (tertiary/aromatic N) is 4. The summed E-state index contributed by atoms with van der Waals surface area (Å²) >= 11 is 0. The molecule has 4 N–H and O–H groups in total. The summed E-state index contributed by atoms with van der Waals surface area (Å²) in [6.07, 6.45) is 18.7. The lowest BCUT2D eigenvalue weighted by Gasteiger charge is -2.36. The van der Waals surface area contributed by atoms with Crippen LogP contribution in [0.25, 0.3) is 21.5 Å². The third kappa shape index (κ3) is 8.74. The highest BCUT2D eigenvalue weighted by Gasteiger charge is 2.33. The normalized spacial score (nSPS) is 17.3. The van der Waals surface area contributed by atoms with Crippen LogP contribution in [0, 0.1) is 10.8 Å². The molecule has 0 atom stereocenters. The molecule has 0 radical (unpaired) electrons. The first-order valence-electron chi connectivity index (χ1n) is 18.6. The van der Waals surface area contributed by atoms with Crippen LogP contribution in [0.2, 0.25) is 0 Å². The summed E-state index contributed by atoms with van der Waals surface area (Å²) in [6, 6.07) is 17.0. The molecule has 0 fully saturated rings. The van der Waals surface area contributed by atoms with Gasteiger partial charge in [0.2, 0.25) is 11.9 Å². The van der Waals surface area contributed by atoms with E-state index < -0.39 is 0 Å². The highest BCUT2D eigenvalue weighted by atomic mass is 15.4. The van der Waals surface area contributed by atoms with Gasteiger partial charge in [-0.1, -0.05) is 128 Å². The molecular formula is C40H58N8. The van der Waals surface area contributed by atoms with E-state index >= 15 is 0 Å². The van der Waals surface area contributed by atoms with Crippen molar-refractivity contribution in [1.29, 1.82) is 0 Å². The van der Waals surface area contributed by atoms with Crippen LogP contribution in [0.3, 0.4) is 0 Å². The van der Waals surface area contributed by atoms with E-state index in [1.807, 2.05) is 12.4 Å². The topological polar surface area (TPSA) is 97.6 Å². The van der Waals surface area contributed by atoms with Crippen LogP contribution < -0.4 is 21.5 Å². The van der Waals surface area contributed by atoms with Crippen LogP contribution in [-0.2, 0) is 0 Å². The second-order valence-electron chi connectivity index (χ2n) is 14.1. The predicted molar refractivity (Wildman–Crippen MR) is 206 cm³/mol. The van der Waals surface area contributed by atoms with E-state index in [9.17, 15) is 0 Å². The van der Waals surface area contributed by atoms with E-state index in [1.165, 1.54) is 77.0 Å². The van der Waals surface area contributed by atoms with Crippen LogP contribution in [0.4, 0.5) is 0 Å². The Labute approximate surface area is 288 Å². The van der Waals surface area contributed by atoms with Gasteiger partial charge in [0.15, 0.2) is 0 Å². The molecular weight excluding hydrogens is 592 g/mol. The lowest BCUT2D eigenvalue weighted by Crippen LogP contribution is -2.48. The van der Waals surface area contributed by atoms with Gasteiger partial charge >= 0.3 is 0 Å². The lowest BCUT2D eigenvalue weighted by molar-refractivity contribution is 0.227. The van der Waals surface area contributed by atoms with Crippen molar-refractivity contribution in [1.82, 2.24) is 21.5 Å². The Hall–Kier alpha value is -3.94. The molecule has 258 valence electrons. The molecule has 8 nitrogen and oxygen atoms in total. The van der Waals surface area contributed by atoms with Crippen molar-refractivity contribution < 1.29 is 0 Å². The van der Waals surface area contributed by atoms with Crippen LogP contribution in [0.1, 0.15) is 116 Å². The second-order valence-corrected chi connectivity index (χ2v) is 14.1. The van der Waals surface area contributed by atoms with Gasteiger partial charge in [-0.2, -0.15) is 10.2 Å². The van der Waals surface area contributed by atoms with Gasteiger partial charge in [-0.3, -0.25) is 9.98 Å². The molecule has 0 aromatic heterocycles. The summed E-state index contributed by atoms with van der Waals surface area (Å²) in [4.78, 5) is 9.81. The molecule has 0 amide bonds. The number of aliphatic imine (C=N–C) groups is 2. The molecule has 2 aliphatic heterocycles. The van der Waals surface area contributed by atoms with E-state index in [0.29, 0.717) is 0 Å². The monoisotopic (exact) mass is 650 g/mol. The van der Waals surface area contributed by atoms with E-state index in [2.05, 4.69) is 97.7 Å². The molecule has 3 aromatic rings. The van der Waals surface area contributed by atoms with Crippen LogP contribution >= 0.6 is 0 Å². The van der Waals surface area contributed by atoms with Gasteiger partial charge in [-0.25, -0.2) is 10.9 Å². The van der Waals surface area contributed by atoms with Crippen molar-refractivity contribution in [2.75, 3.05) is 26.2 Å². The molecule has 0 aliphatic carbocycles. The van der Waals surface area contributed by atoms with Crippen molar-refractivity contribution in [2.45, 2.75) is 105 Å². The average Bonchev–Trinajstić information content (AvgIpc) is 3.13. The lowest BCUT2D eigenvalue weighted by atomic mass is 9.77. The molecule has 8 heteroatoms. The number of hydrogen-bond donors (Lipinski definition) is 4. The number of benzene rings is 3. The summed E-state index contributed by atoms with van der Waals surface area (Å²) in [7, 11) is 0. The van der Waals surface area contributed by atoms with Gasteiger partial charge in [0.05, 0.1) is 25.5 Å². The summed E-state index contributed by atoms with van der Waals surface area (Å²) in [6.45, 7) is 12.7. The fraction of sp³-hybridized carbons (Fsp3) is 0.550. The summed E-state index contributed by atoms with van der Waals surface area (Å²) in [5.74, 6) is 1.51. The molecule has 5 rings (SSSR count). The van der Waals surface area contributed by atoms with Gasteiger partial charge in [0, 0.05) is 35.0 Å². The summed E-state index contributed by atoms with van der Waals surface area (Å²) in [5.41, 5.74) is 9.09. The number of hydrazone groups is 2. The first kappa shape index (κ1) is 35.4. The molecule has 0 saturated carbocycles. The Kier molecular flexibility index (Phi) is 12.9. The Morgan fingerprint density at radius 2 is 0.917 bits per heavy atom. The second kappa shape index (κ2) is 17.5. The van der Waals surface area contributed by atoms with Crippen molar-refractivity contribution >= 4 is 45.9 Å². The highest BCUT2D eigenvalue weighted by Crippen LogP contribution is 2.34. The Balaban J connectivity index is 1.34. The maximum Gasteiger partial charge on any atom is 0.212 e. The quantitative estimate of drug-likeness (QED) is 0.0710. The van der Waals surface area contributed by atoms with E-state index in [4.69, 9.17) is 20.2 Å². The van der Waals surface area contributed by atoms with Crippen molar-refractivity contribution in [3.05, 3.63) is 59.7 Å². The molecule has 0 spiro atoms. The number of unbranched alkanes of at least 4 members (excludes halogenated alkanes) is 4. The number of guanidine groups is 2. The minimum absolute atomic E-state index is 0.257. The minimum atomic E-state index is 0.257. The maximum absolute atomic E-state index is 4.91. The van der Waals surface area contributed by atoms with Crippen molar-refractivity contribution in [3.8, 4) is 0 Å². The van der Waals surface area contributed by atoms with Crippen molar-refractivity contribution in [2.24, 2.45) is 31.0 Å². The van der Waals surface area contributed by atoms with Gasteiger partial charge in [0.25, 0.3) is 0 Å². The molecule has 0 saturated heterocycles. The zero-order valence-electron chi connectivity index (χ0n) is 29.9. The SMILES string of the molecule is CCCCC1(CCCC)CN=C(N/N=C/c2c3ccccc3c(/C=N/NC3=NCC(CCCC)(CCCC)CN3)c3ccccc23)NC1. The number of hydrogen-bond acceptors (Lipinski definition) is 8. The smallest absolute Gasteiger partial charge is 0.212 e. The summed E-state index contributed by atoms with van der Waals surface area (Å²) < 4.78 is 0. The zero-order valence-corrected chi connectivity index (χ0v) is 29.9. The third-order valence-electron chi connectivity index (χ3n) is 10.4. The third-order valence-corrected chi connectivity index (χ3v) is 10.4. The fourth-order valence-corrected chi connectivity index (χ4v) is 7.33. The molecule has 3 aromatic carbocycles. The Morgan fingerprint density at radius 3 is 1.19 bits per heavy atom. The average molecular weight is 651 g/mol. The fourth-order valence-electron chi connectivity index (χ4n) is 7.33.